The van der Waals surface area contributed by atoms with Crippen LogP contribution in [0.1, 0.15) is 30.8 Å². The van der Waals surface area contributed by atoms with Crippen molar-refractivity contribution in [2.75, 3.05) is 5.32 Å². The summed E-state index contributed by atoms with van der Waals surface area (Å²) in [4.78, 5) is 28.4. The lowest BCUT2D eigenvalue weighted by Crippen LogP contribution is -2.20. The average Bonchev–Trinajstić information content (AvgIpc) is 2.51. The molecule has 0 fully saturated rings. The van der Waals surface area contributed by atoms with Crippen LogP contribution < -0.4 is 10.9 Å². The summed E-state index contributed by atoms with van der Waals surface area (Å²) in [7, 11) is 0. The van der Waals surface area contributed by atoms with Crippen LogP contribution in [0.2, 0.25) is 0 Å². The van der Waals surface area contributed by atoms with Crippen molar-refractivity contribution in [1.82, 2.24) is 19.9 Å². The van der Waals surface area contributed by atoms with E-state index in [1.54, 1.807) is 0 Å². The van der Waals surface area contributed by atoms with Crippen LogP contribution in [-0.4, -0.2) is 19.9 Å². The van der Waals surface area contributed by atoms with Gasteiger partial charge >= 0.3 is 0 Å². The number of nitrogens with one attached hydrogen (secondary N) is 2. The second-order valence-corrected chi connectivity index (χ2v) is 6.35. The number of rotatable bonds is 4. The van der Waals surface area contributed by atoms with Gasteiger partial charge in [0.2, 0.25) is 11.9 Å². The minimum atomic E-state index is -0.115. The minimum Gasteiger partial charge on any atom is -0.294 e. The monoisotopic (exact) mass is 323 g/mol. The van der Waals surface area contributed by atoms with Gasteiger partial charge < -0.3 is 0 Å². The van der Waals surface area contributed by atoms with E-state index in [9.17, 15) is 4.79 Å². The third kappa shape index (κ3) is 3.27. The fourth-order valence-corrected chi connectivity index (χ4v) is 2.72. The zero-order valence-corrected chi connectivity index (χ0v) is 14.3. The Hall–Kier alpha value is -2.76. The number of hydrogen-bond donors (Lipinski definition) is 2. The molecule has 124 valence electrons. The number of anilines is 2. The molecule has 2 aromatic heterocycles. The molecule has 0 atom stereocenters. The Labute approximate surface area is 140 Å². The minimum absolute atomic E-state index is 0.115. The van der Waals surface area contributed by atoms with Gasteiger partial charge in [-0.2, -0.15) is 0 Å². The number of para-hydroxylation sites is 1. The molecule has 0 saturated carbocycles. The number of benzene rings is 1. The molecule has 2 heterocycles. The van der Waals surface area contributed by atoms with Crippen LogP contribution in [-0.2, 0) is 6.42 Å². The van der Waals surface area contributed by atoms with Crippen LogP contribution in [0.25, 0.3) is 10.9 Å². The zero-order valence-electron chi connectivity index (χ0n) is 14.3. The number of aromatic nitrogens is 4. The van der Waals surface area contributed by atoms with Crippen molar-refractivity contribution in [1.29, 1.82) is 0 Å². The molecule has 1 aromatic carbocycles. The molecule has 0 spiro atoms. The Morgan fingerprint density at radius 2 is 1.83 bits per heavy atom. The molecule has 0 unspecified atom stereocenters. The molecule has 2 N–H and O–H groups in total. The van der Waals surface area contributed by atoms with E-state index in [0.29, 0.717) is 24.2 Å². The molecule has 0 aliphatic carbocycles. The van der Waals surface area contributed by atoms with Gasteiger partial charge in [-0.05, 0) is 32.3 Å². The predicted molar refractivity (Wildman–Crippen MR) is 95.7 cm³/mol. The first kappa shape index (κ1) is 16.1. The van der Waals surface area contributed by atoms with E-state index >= 15 is 0 Å². The SMILES string of the molecule is Cc1nc(Nc2nc(C)c3ccccc3n2)[nH]c(=O)c1CC(C)C. The summed E-state index contributed by atoms with van der Waals surface area (Å²) in [5, 5.41) is 4.02. The number of aryl methyl sites for hydroxylation is 2. The first-order valence-corrected chi connectivity index (χ1v) is 8.04. The van der Waals surface area contributed by atoms with E-state index in [4.69, 9.17) is 0 Å². The zero-order chi connectivity index (χ0) is 17.3. The topological polar surface area (TPSA) is 83.6 Å². The number of aromatic amines is 1. The smallest absolute Gasteiger partial charge is 0.255 e. The maximum atomic E-state index is 12.3. The van der Waals surface area contributed by atoms with Gasteiger partial charge in [0, 0.05) is 16.6 Å². The summed E-state index contributed by atoms with van der Waals surface area (Å²) in [6.45, 7) is 7.94. The quantitative estimate of drug-likeness (QED) is 0.770. The van der Waals surface area contributed by atoms with E-state index < -0.39 is 0 Å². The fraction of sp³-hybridized carbons (Fsp3) is 0.333. The summed E-state index contributed by atoms with van der Waals surface area (Å²) >= 11 is 0. The van der Waals surface area contributed by atoms with Crippen molar-refractivity contribution >= 4 is 22.8 Å². The van der Waals surface area contributed by atoms with Crippen molar-refractivity contribution in [3.05, 3.63) is 51.6 Å². The van der Waals surface area contributed by atoms with Crippen LogP contribution in [0.5, 0.6) is 0 Å². The van der Waals surface area contributed by atoms with Crippen LogP contribution >= 0.6 is 0 Å². The Bertz CT molecular complexity index is 946. The Morgan fingerprint density at radius 3 is 2.54 bits per heavy atom. The maximum Gasteiger partial charge on any atom is 0.255 e. The second-order valence-electron chi connectivity index (χ2n) is 6.35. The van der Waals surface area contributed by atoms with Crippen LogP contribution in [0.3, 0.4) is 0 Å². The molecule has 6 heteroatoms. The fourth-order valence-electron chi connectivity index (χ4n) is 2.72. The van der Waals surface area contributed by atoms with E-state index in [-0.39, 0.29) is 5.56 Å². The van der Waals surface area contributed by atoms with Crippen LogP contribution in [0.4, 0.5) is 11.9 Å². The molecular weight excluding hydrogens is 302 g/mol. The molecule has 24 heavy (non-hydrogen) atoms. The highest BCUT2D eigenvalue weighted by Crippen LogP contribution is 2.18. The molecule has 3 aromatic rings. The van der Waals surface area contributed by atoms with Crippen LogP contribution in [0, 0.1) is 19.8 Å². The first-order valence-electron chi connectivity index (χ1n) is 8.04. The summed E-state index contributed by atoms with van der Waals surface area (Å²) in [6, 6.07) is 7.81. The van der Waals surface area contributed by atoms with Crippen molar-refractivity contribution in [2.24, 2.45) is 5.92 Å². The Kier molecular flexibility index (Phi) is 4.29. The summed E-state index contributed by atoms with van der Waals surface area (Å²) < 4.78 is 0. The third-order valence-electron chi connectivity index (χ3n) is 3.86. The molecule has 0 amide bonds. The molecule has 6 nitrogen and oxygen atoms in total. The molecule has 0 radical (unpaired) electrons. The molecule has 0 aliphatic rings. The summed E-state index contributed by atoms with van der Waals surface area (Å²) in [5.41, 5.74) is 3.07. The van der Waals surface area contributed by atoms with Crippen molar-refractivity contribution < 1.29 is 0 Å². The molecular formula is C18H21N5O. The van der Waals surface area contributed by atoms with Gasteiger partial charge in [-0.15, -0.1) is 0 Å². The van der Waals surface area contributed by atoms with E-state index in [2.05, 4.69) is 39.1 Å². The first-order chi connectivity index (χ1) is 11.4. The number of fused-ring (bicyclic) bond motifs is 1. The number of nitrogens with zero attached hydrogens (tertiary/aromatic N) is 3. The van der Waals surface area contributed by atoms with E-state index in [0.717, 1.165) is 27.9 Å². The van der Waals surface area contributed by atoms with Gasteiger partial charge in [0.05, 0.1) is 11.2 Å². The highest BCUT2D eigenvalue weighted by atomic mass is 16.1. The van der Waals surface area contributed by atoms with E-state index in [1.165, 1.54) is 0 Å². The van der Waals surface area contributed by atoms with Gasteiger partial charge in [-0.25, -0.2) is 15.0 Å². The summed E-state index contributed by atoms with van der Waals surface area (Å²) in [6.07, 6.45) is 0.708. The predicted octanol–water partition coefficient (Wildman–Crippen LogP) is 3.27. The molecule has 3 rings (SSSR count). The molecule has 0 bridgehead atoms. The maximum absolute atomic E-state index is 12.3. The van der Waals surface area contributed by atoms with Crippen molar-refractivity contribution in [3.63, 3.8) is 0 Å². The van der Waals surface area contributed by atoms with Crippen LogP contribution in [0.15, 0.2) is 29.1 Å². The molecule has 0 saturated heterocycles. The highest BCUT2D eigenvalue weighted by molar-refractivity contribution is 5.81. The standard InChI is InChI=1S/C18H21N5O/c1-10(2)9-14-12(4)20-18(22-16(14)24)23-17-19-11(3)13-7-5-6-8-15(13)21-17/h5-8,10H,9H2,1-4H3,(H2,19,20,21,22,23,24). The number of hydrogen-bond acceptors (Lipinski definition) is 5. The lowest BCUT2D eigenvalue weighted by Gasteiger charge is -2.10. The summed E-state index contributed by atoms with van der Waals surface area (Å²) in [5.74, 6) is 1.18. The van der Waals surface area contributed by atoms with Gasteiger partial charge in [0.1, 0.15) is 0 Å². The van der Waals surface area contributed by atoms with Crippen molar-refractivity contribution in [2.45, 2.75) is 34.1 Å². The largest absolute Gasteiger partial charge is 0.294 e. The third-order valence-corrected chi connectivity index (χ3v) is 3.86. The second kappa shape index (κ2) is 6.39. The van der Waals surface area contributed by atoms with E-state index in [1.807, 2.05) is 38.1 Å². The average molecular weight is 323 g/mol. The van der Waals surface area contributed by atoms with Gasteiger partial charge in [0.25, 0.3) is 5.56 Å². The highest BCUT2D eigenvalue weighted by Gasteiger charge is 2.11. The lowest BCUT2D eigenvalue weighted by molar-refractivity contribution is 0.636. The van der Waals surface area contributed by atoms with Gasteiger partial charge in [-0.3, -0.25) is 15.1 Å². The molecule has 0 aliphatic heterocycles. The Balaban J connectivity index is 1.95. The van der Waals surface area contributed by atoms with Gasteiger partial charge in [-0.1, -0.05) is 32.0 Å². The number of H-pyrrole nitrogens is 1. The van der Waals surface area contributed by atoms with Crippen molar-refractivity contribution in [3.8, 4) is 0 Å². The normalized spacial score (nSPS) is 11.2. The Morgan fingerprint density at radius 1 is 1.08 bits per heavy atom. The lowest BCUT2D eigenvalue weighted by atomic mass is 10.0. The van der Waals surface area contributed by atoms with Gasteiger partial charge in [0.15, 0.2) is 0 Å².